The summed E-state index contributed by atoms with van der Waals surface area (Å²) < 4.78 is 2.61. The van der Waals surface area contributed by atoms with E-state index in [1.54, 1.807) is 31.0 Å². The Morgan fingerprint density at radius 1 is 1.43 bits per heavy atom. The Labute approximate surface area is 132 Å². The molecule has 1 heterocycles. The van der Waals surface area contributed by atoms with Gasteiger partial charge in [0, 0.05) is 30.8 Å². The Kier molecular flexibility index (Phi) is 4.80. The number of hydrogen-bond acceptors (Lipinski definition) is 3. The van der Waals surface area contributed by atoms with Gasteiger partial charge in [-0.15, -0.1) is 0 Å². The van der Waals surface area contributed by atoms with Gasteiger partial charge in [0.25, 0.3) is 5.91 Å². The fraction of sp³-hybridized carbons (Fsp3) is 0.333. The molecule has 1 aromatic carbocycles. The van der Waals surface area contributed by atoms with Crippen molar-refractivity contribution < 1.29 is 4.79 Å². The van der Waals surface area contributed by atoms with Crippen molar-refractivity contribution in [1.29, 1.82) is 0 Å². The van der Waals surface area contributed by atoms with Gasteiger partial charge in [-0.3, -0.25) is 4.79 Å². The van der Waals surface area contributed by atoms with Crippen molar-refractivity contribution in [1.82, 2.24) is 14.7 Å². The molecule has 6 heteroatoms. The monoisotopic (exact) mass is 350 g/mol. The Balaban J connectivity index is 2.28. The van der Waals surface area contributed by atoms with Crippen molar-refractivity contribution in [3.05, 3.63) is 46.2 Å². The van der Waals surface area contributed by atoms with Gasteiger partial charge in [0.1, 0.15) is 0 Å². The van der Waals surface area contributed by atoms with E-state index in [1.165, 1.54) is 4.90 Å². The molecule has 2 rings (SSSR count). The highest BCUT2D eigenvalue weighted by Crippen LogP contribution is 2.23. The van der Waals surface area contributed by atoms with Crippen LogP contribution in [0.5, 0.6) is 0 Å². The Hall–Kier alpha value is -1.66. The van der Waals surface area contributed by atoms with Gasteiger partial charge < -0.3 is 10.6 Å². The average Bonchev–Trinajstić information content (AvgIpc) is 2.86. The van der Waals surface area contributed by atoms with Crippen LogP contribution >= 0.6 is 15.9 Å². The zero-order chi connectivity index (χ0) is 15.6. The number of aromatic nitrogens is 2. The second kappa shape index (κ2) is 6.41. The molecular formula is C15H19BrN4O. The van der Waals surface area contributed by atoms with Gasteiger partial charge in [0.2, 0.25) is 0 Å². The van der Waals surface area contributed by atoms with E-state index in [0.29, 0.717) is 5.69 Å². The van der Waals surface area contributed by atoms with Gasteiger partial charge in [0.05, 0.1) is 5.69 Å². The molecule has 5 nitrogen and oxygen atoms in total. The van der Waals surface area contributed by atoms with Gasteiger partial charge in [-0.1, -0.05) is 6.07 Å². The third kappa shape index (κ3) is 3.71. The quantitative estimate of drug-likeness (QED) is 0.919. The van der Waals surface area contributed by atoms with E-state index < -0.39 is 0 Å². The molecule has 0 radical (unpaired) electrons. The summed E-state index contributed by atoms with van der Waals surface area (Å²) in [6.45, 7) is 1.98. The number of nitrogens with two attached hydrogens (primary N) is 1. The van der Waals surface area contributed by atoms with Gasteiger partial charge in [-0.25, -0.2) is 4.68 Å². The van der Waals surface area contributed by atoms with Crippen molar-refractivity contribution in [2.75, 3.05) is 14.1 Å². The summed E-state index contributed by atoms with van der Waals surface area (Å²) in [5.74, 6) is -0.113. The summed E-state index contributed by atoms with van der Waals surface area (Å²) >= 11 is 3.55. The normalized spacial score (nSPS) is 12.2. The van der Waals surface area contributed by atoms with Crippen LogP contribution in [-0.4, -0.2) is 40.7 Å². The van der Waals surface area contributed by atoms with Gasteiger partial charge in [-0.2, -0.15) is 5.10 Å². The van der Waals surface area contributed by atoms with Crippen molar-refractivity contribution in [2.45, 2.75) is 19.4 Å². The summed E-state index contributed by atoms with van der Waals surface area (Å²) in [5, 5.41) is 4.32. The molecule has 1 amide bonds. The number of carbonyl (C=O) groups excluding carboxylic acids is 1. The van der Waals surface area contributed by atoms with E-state index in [4.69, 9.17) is 5.73 Å². The zero-order valence-corrected chi connectivity index (χ0v) is 14.0. The number of hydrogen-bond donors (Lipinski definition) is 1. The molecule has 0 bridgehead atoms. The molecule has 0 aliphatic carbocycles. The molecule has 0 aliphatic rings. The number of benzene rings is 1. The number of amides is 1. The lowest BCUT2D eigenvalue weighted by Gasteiger charge is -2.10. The molecule has 1 aromatic heterocycles. The van der Waals surface area contributed by atoms with Crippen LogP contribution in [0.2, 0.25) is 0 Å². The maximum atomic E-state index is 11.9. The first-order valence-corrected chi connectivity index (χ1v) is 7.49. The van der Waals surface area contributed by atoms with Crippen LogP contribution < -0.4 is 5.73 Å². The number of nitrogens with zero attached hydrogens (tertiary/aromatic N) is 3. The van der Waals surface area contributed by atoms with E-state index in [0.717, 1.165) is 22.1 Å². The summed E-state index contributed by atoms with van der Waals surface area (Å²) in [6, 6.07) is 7.87. The molecule has 2 N–H and O–H groups in total. The van der Waals surface area contributed by atoms with Gasteiger partial charge >= 0.3 is 0 Å². The van der Waals surface area contributed by atoms with E-state index in [9.17, 15) is 4.79 Å². The predicted octanol–water partition coefficient (Wildman–Crippen LogP) is 2.23. The third-order valence-corrected chi connectivity index (χ3v) is 3.67. The second-order valence-corrected chi connectivity index (χ2v) is 6.17. The Bertz CT molecular complexity index is 649. The molecule has 0 aliphatic heterocycles. The maximum Gasteiger partial charge on any atom is 0.273 e. The minimum Gasteiger partial charge on any atom is -0.343 e. The van der Waals surface area contributed by atoms with Crippen molar-refractivity contribution >= 4 is 21.8 Å². The number of halogens is 1. The molecule has 0 fully saturated rings. The highest BCUT2D eigenvalue weighted by atomic mass is 79.9. The summed E-state index contributed by atoms with van der Waals surface area (Å²) in [5.41, 5.74) is 8.29. The van der Waals surface area contributed by atoms with E-state index in [1.807, 2.05) is 25.1 Å². The average molecular weight is 351 g/mol. The summed E-state index contributed by atoms with van der Waals surface area (Å²) in [7, 11) is 3.42. The topological polar surface area (TPSA) is 64.2 Å². The summed E-state index contributed by atoms with van der Waals surface area (Å²) in [4.78, 5) is 13.4. The first-order chi connectivity index (χ1) is 9.88. The lowest BCUT2D eigenvalue weighted by molar-refractivity contribution is 0.0821. The predicted molar refractivity (Wildman–Crippen MR) is 86.6 cm³/mol. The van der Waals surface area contributed by atoms with Crippen molar-refractivity contribution in [3.63, 3.8) is 0 Å². The van der Waals surface area contributed by atoms with Crippen LogP contribution in [0.1, 0.15) is 23.0 Å². The molecule has 21 heavy (non-hydrogen) atoms. The Morgan fingerprint density at radius 2 is 2.14 bits per heavy atom. The highest BCUT2D eigenvalue weighted by molar-refractivity contribution is 9.10. The molecule has 0 saturated heterocycles. The minimum absolute atomic E-state index is 0.113. The zero-order valence-electron chi connectivity index (χ0n) is 12.4. The third-order valence-electron chi connectivity index (χ3n) is 3.03. The van der Waals surface area contributed by atoms with Crippen LogP contribution in [-0.2, 0) is 6.42 Å². The van der Waals surface area contributed by atoms with E-state index >= 15 is 0 Å². The largest absolute Gasteiger partial charge is 0.343 e. The van der Waals surface area contributed by atoms with E-state index in [2.05, 4.69) is 21.0 Å². The SMILES string of the molecule is CC(N)Cc1ccc(-n2ccc(C(=O)N(C)C)n2)c(Br)c1. The highest BCUT2D eigenvalue weighted by Gasteiger charge is 2.13. The van der Waals surface area contributed by atoms with Crippen LogP contribution in [0, 0.1) is 0 Å². The van der Waals surface area contributed by atoms with Gasteiger partial charge in [0.15, 0.2) is 5.69 Å². The minimum atomic E-state index is -0.113. The molecule has 1 unspecified atom stereocenters. The van der Waals surface area contributed by atoms with Crippen molar-refractivity contribution in [3.8, 4) is 5.69 Å². The molecule has 0 spiro atoms. The van der Waals surface area contributed by atoms with Crippen molar-refractivity contribution in [2.24, 2.45) is 5.73 Å². The van der Waals surface area contributed by atoms with Crippen LogP contribution in [0.4, 0.5) is 0 Å². The van der Waals surface area contributed by atoms with E-state index in [-0.39, 0.29) is 11.9 Å². The lowest BCUT2D eigenvalue weighted by Crippen LogP contribution is -2.22. The lowest BCUT2D eigenvalue weighted by atomic mass is 10.1. The standard InChI is InChI=1S/C15H19BrN4O/c1-10(17)8-11-4-5-14(12(16)9-11)20-7-6-13(18-20)15(21)19(2)3/h4-7,9-10H,8,17H2,1-3H3. The van der Waals surface area contributed by atoms with Crippen LogP contribution in [0.3, 0.4) is 0 Å². The fourth-order valence-electron chi connectivity index (χ4n) is 2.04. The molecule has 112 valence electrons. The maximum absolute atomic E-state index is 11.9. The first kappa shape index (κ1) is 15.7. The van der Waals surface area contributed by atoms with Crippen LogP contribution in [0.25, 0.3) is 5.69 Å². The number of carbonyl (C=O) groups is 1. The fourth-order valence-corrected chi connectivity index (χ4v) is 2.64. The first-order valence-electron chi connectivity index (χ1n) is 6.70. The smallest absolute Gasteiger partial charge is 0.273 e. The second-order valence-electron chi connectivity index (χ2n) is 5.31. The summed E-state index contributed by atoms with van der Waals surface area (Å²) in [6.07, 6.45) is 2.60. The molecule has 2 aromatic rings. The van der Waals surface area contributed by atoms with Gasteiger partial charge in [-0.05, 0) is 53.0 Å². The van der Waals surface area contributed by atoms with Crippen LogP contribution in [0.15, 0.2) is 34.9 Å². The Morgan fingerprint density at radius 3 is 2.71 bits per heavy atom. The molecule has 0 saturated carbocycles. The molecule has 1 atom stereocenters. The molecular weight excluding hydrogens is 332 g/mol. The number of rotatable bonds is 4.